The van der Waals surface area contributed by atoms with Crippen LogP contribution in [0, 0.1) is 5.82 Å². The highest BCUT2D eigenvalue weighted by molar-refractivity contribution is 7.90. The van der Waals surface area contributed by atoms with Gasteiger partial charge in [0, 0.05) is 23.1 Å². The first-order valence-corrected chi connectivity index (χ1v) is 13.8. The van der Waals surface area contributed by atoms with Crippen LogP contribution in [-0.2, 0) is 15.3 Å². The van der Waals surface area contributed by atoms with E-state index in [0.29, 0.717) is 22.8 Å². The van der Waals surface area contributed by atoms with Gasteiger partial charge in [0.05, 0.1) is 21.3 Å². The third-order valence-electron chi connectivity index (χ3n) is 6.27. The summed E-state index contributed by atoms with van der Waals surface area (Å²) in [6, 6.07) is 4.15. The van der Waals surface area contributed by atoms with Crippen molar-refractivity contribution >= 4 is 31.4 Å². The average Bonchev–Trinajstić information content (AvgIpc) is 3.46. The largest absolute Gasteiger partial charge is 0.338 e. The van der Waals surface area contributed by atoms with Crippen molar-refractivity contribution in [2.24, 2.45) is 0 Å². The fourth-order valence-corrected chi connectivity index (χ4v) is 6.28. The van der Waals surface area contributed by atoms with E-state index in [4.69, 9.17) is 14.5 Å². The summed E-state index contributed by atoms with van der Waals surface area (Å²) >= 11 is 1.48. The van der Waals surface area contributed by atoms with Crippen LogP contribution in [0.25, 0.3) is 21.3 Å². The van der Waals surface area contributed by atoms with Crippen molar-refractivity contribution in [2.45, 2.75) is 42.9 Å². The molecule has 1 aliphatic rings. The molecule has 8 nitrogen and oxygen atoms in total. The second-order valence-electron chi connectivity index (χ2n) is 8.91. The molecule has 1 aromatic carbocycles. The molecular weight excluding hydrogens is 477 g/mol. The molecule has 0 spiro atoms. The Kier molecular flexibility index (Phi) is 5.73. The summed E-state index contributed by atoms with van der Waals surface area (Å²) in [4.78, 5) is 13.6. The minimum absolute atomic E-state index is 0.139. The van der Waals surface area contributed by atoms with Crippen molar-refractivity contribution in [1.29, 1.82) is 0 Å². The lowest BCUT2D eigenvalue weighted by atomic mass is 9.75. The number of nitrogens with zero attached hydrogens (tertiary/aromatic N) is 4. The second kappa shape index (κ2) is 8.47. The van der Waals surface area contributed by atoms with Gasteiger partial charge >= 0.3 is 0 Å². The Morgan fingerprint density at radius 1 is 1.21 bits per heavy atom. The molecule has 11 heteroatoms. The van der Waals surface area contributed by atoms with Gasteiger partial charge in [0.25, 0.3) is 0 Å². The number of rotatable bonds is 5. The number of fused-ring (bicyclic) bond motifs is 1. The smallest absolute Gasteiger partial charge is 0.239 e. The van der Waals surface area contributed by atoms with Crippen LogP contribution in [-0.4, -0.2) is 47.9 Å². The number of thiophene rings is 1. The SMILES string of the molecule is CC(C)c1noc(C2(c3ncnc4c(-c5ccc(S(C)(=O)=O)c(F)c5)csc34)CCNCC2)n1. The molecule has 1 N–H and O–H groups in total. The Labute approximate surface area is 200 Å². The zero-order chi connectivity index (χ0) is 24.1. The molecule has 0 radical (unpaired) electrons. The van der Waals surface area contributed by atoms with Crippen LogP contribution >= 0.6 is 11.3 Å². The molecule has 0 aliphatic carbocycles. The number of aromatic nitrogens is 4. The quantitative estimate of drug-likeness (QED) is 0.436. The number of sulfone groups is 1. The third kappa shape index (κ3) is 3.81. The topological polar surface area (TPSA) is 111 Å². The molecule has 0 unspecified atom stereocenters. The highest BCUT2D eigenvalue weighted by Gasteiger charge is 2.44. The molecule has 0 bridgehead atoms. The van der Waals surface area contributed by atoms with E-state index < -0.39 is 21.1 Å². The highest BCUT2D eigenvalue weighted by atomic mass is 32.2. The number of nitrogens with one attached hydrogen (secondary N) is 1. The van der Waals surface area contributed by atoms with E-state index in [1.165, 1.54) is 29.8 Å². The normalized spacial score (nSPS) is 16.4. The standard InChI is InChI=1S/C23H24FN5O3S2/c1-13(2)21-28-22(32-29-21)23(6-8-25-9-7-23)20-19-18(26-12-27-20)15(11-33-19)14-4-5-17(16(24)10-14)34(3,30)31/h4-5,10-13,25H,6-9H2,1-3H3. The lowest BCUT2D eigenvalue weighted by molar-refractivity contribution is 0.256. The summed E-state index contributed by atoms with van der Waals surface area (Å²) < 4.78 is 44.9. The fourth-order valence-electron chi connectivity index (χ4n) is 4.43. The number of piperidine rings is 1. The Balaban J connectivity index is 1.66. The van der Waals surface area contributed by atoms with Crippen molar-refractivity contribution < 1.29 is 17.3 Å². The zero-order valence-corrected chi connectivity index (χ0v) is 20.6. The molecule has 0 atom stereocenters. The Hall–Kier alpha value is -2.76. The third-order valence-corrected chi connectivity index (χ3v) is 8.38. The van der Waals surface area contributed by atoms with Gasteiger partial charge in [-0.3, -0.25) is 0 Å². The van der Waals surface area contributed by atoms with E-state index in [0.717, 1.165) is 48.1 Å². The Bertz CT molecular complexity index is 1470. The zero-order valence-electron chi connectivity index (χ0n) is 19.0. The first-order valence-electron chi connectivity index (χ1n) is 11.0. The molecule has 1 saturated heterocycles. The number of hydrogen-bond donors (Lipinski definition) is 1. The molecule has 0 saturated carbocycles. The van der Waals surface area contributed by atoms with Gasteiger partial charge in [0.2, 0.25) is 5.89 Å². The van der Waals surface area contributed by atoms with Gasteiger partial charge in [-0.15, -0.1) is 11.3 Å². The molecule has 1 aliphatic heterocycles. The lowest BCUT2D eigenvalue weighted by Gasteiger charge is -2.33. The molecule has 5 rings (SSSR count). The van der Waals surface area contributed by atoms with Crippen LogP contribution in [0.15, 0.2) is 39.3 Å². The average molecular weight is 502 g/mol. The first-order chi connectivity index (χ1) is 16.2. The molecule has 3 aromatic heterocycles. The summed E-state index contributed by atoms with van der Waals surface area (Å²) in [5, 5.41) is 9.49. The van der Waals surface area contributed by atoms with Crippen LogP contribution in [0.3, 0.4) is 0 Å². The van der Waals surface area contributed by atoms with Crippen LogP contribution in [0.5, 0.6) is 0 Å². The van der Waals surface area contributed by atoms with Crippen LogP contribution in [0.1, 0.15) is 50.0 Å². The molecule has 178 valence electrons. The summed E-state index contributed by atoms with van der Waals surface area (Å²) in [5.41, 5.74) is 2.23. The minimum atomic E-state index is -3.65. The number of halogens is 1. The monoisotopic (exact) mass is 501 g/mol. The molecule has 1 fully saturated rings. The van der Waals surface area contributed by atoms with Crippen molar-refractivity contribution in [3.8, 4) is 11.1 Å². The summed E-state index contributed by atoms with van der Waals surface area (Å²) in [6.07, 6.45) is 3.98. The predicted molar refractivity (Wildman–Crippen MR) is 127 cm³/mol. The molecule has 0 amide bonds. The molecule has 4 aromatic rings. The predicted octanol–water partition coefficient (Wildman–Crippen LogP) is 4.08. The molecule has 34 heavy (non-hydrogen) atoms. The van der Waals surface area contributed by atoms with Crippen LogP contribution in [0.4, 0.5) is 4.39 Å². The van der Waals surface area contributed by atoms with E-state index in [1.807, 2.05) is 19.2 Å². The summed E-state index contributed by atoms with van der Waals surface area (Å²) in [7, 11) is -3.65. The van der Waals surface area contributed by atoms with Gasteiger partial charge in [0.1, 0.15) is 17.0 Å². The molecule has 4 heterocycles. The van der Waals surface area contributed by atoms with Gasteiger partial charge in [-0.05, 0) is 43.6 Å². The van der Waals surface area contributed by atoms with Gasteiger partial charge < -0.3 is 9.84 Å². The maximum Gasteiger partial charge on any atom is 0.239 e. The fraction of sp³-hybridized carbons (Fsp3) is 0.391. The first kappa shape index (κ1) is 23.0. The van der Waals surface area contributed by atoms with Crippen molar-refractivity contribution in [3.63, 3.8) is 0 Å². The van der Waals surface area contributed by atoms with Crippen LogP contribution < -0.4 is 5.32 Å². The maximum absolute atomic E-state index is 14.6. The second-order valence-corrected chi connectivity index (χ2v) is 11.8. The minimum Gasteiger partial charge on any atom is -0.338 e. The van der Waals surface area contributed by atoms with Crippen LogP contribution in [0.2, 0.25) is 0 Å². The van der Waals surface area contributed by atoms with E-state index in [1.54, 1.807) is 6.07 Å². The Morgan fingerprint density at radius 3 is 2.62 bits per heavy atom. The van der Waals surface area contributed by atoms with Gasteiger partial charge in [0.15, 0.2) is 15.7 Å². The summed E-state index contributed by atoms with van der Waals surface area (Å²) in [6.45, 7) is 5.60. The van der Waals surface area contributed by atoms with Gasteiger partial charge in [-0.2, -0.15) is 4.98 Å². The van der Waals surface area contributed by atoms with Gasteiger partial charge in [-0.1, -0.05) is 25.1 Å². The van der Waals surface area contributed by atoms with Gasteiger partial charge in [-0.25, -0.2) is 22.8 Å². The van der Waals surface area contributed by atoms with E-state index in [2.05, 4.69) is 15.5 Å². The van der Waals surface area contributed by atoms with Crippen molar-refractivity contribution in [3.05, 3.63) is 53.1 Å². The lowest BCUT2D eigenvalue weighted by Crippen LogP contribution is -2.41. The van der Waals surface area contributed by atoms with E-state index >= 15 is 0 Å². The number of benzene rings is 1. The van der Waals surface area contributed by atoms with E-state index in [-0.39, 0.29) is 10.8 Å². The number of hydrogen-bond acceptors (Lipinski definition) is 9. The van der Waals surface area contributed by atoms with Crippen molar-refractivity contribution in [2.75, 3.05) is 19.3 Å². The maximum atomic E-state index is 14.6. The Morgan fingerprint density at radius 2 is 1.97 bits per heavy atom. The molecular formula is C23H24FN5O3S2. The van der Waals surface area contributed by atoms with Crippen molar-refractivity contribution in [1.82, 2.24) is 25.4 Å². The summed E-state index contributed by atoms with van der Waals surface area (Å²) in [5.74, 6) is 0.568. The highest BCUT2D eigenvalue weighted by Crippen LogP contribution is 2.44. The van der Waals surface area contributed by atoms with E-state index in [9.17, 15) is 12.8 Å².